The average molecular weight is 339 g/mol. The molecule has 0 radical (unpaired) electrons. The predicted octanol–water partition coefficient (Wildman–Crippen LogP) is 5.01. The minimum Gasteiger partial charge on any atom is -0.245 e. The van der Waals surface area contributed by atoms with E-state index in [0.29, 0.717) is 0 Å². The van der Waals surface area contributed by atoms with E-state index in [0.717, 1.165) is 31.1 Å². The number of aromatic nitrogens is 1. The monoisotopic (exact) mass is 337 g/mol. The molecule has 0 aliphatic heterocycles. The van der Waals surface area contributed by atoms with E-state index in [1.807, 2.05) is 18.2 Å². The van der Waals surface area contributed by atoms with Gasteiger partial charge in [0.1, 0.15) is 0 Å². The summed E-state index contributed by atoms with van der Waals surface area (Å²) in [6, 6.07) is 8.05. The Morgan fingerprint density at radius 3 is 2.75 bits per heavy atom. The van der Waals surface area contributed by atoms with Crippen LogP contribution >= 0.6 is 31.9 Å². The van der Waals surface area contributed by atoms with Crippen LogP contribution in [0.5, 0.6) is 0 Å². The average Bonchev–Trinajstić information content (AvgIpc) is 2.27. The summed E-state index contributed by atoms with van der Waals surface area (Å²) in [5, 5.41) is 1.08. The molecule has 0 spiro atoms. The SMILES string of the molecule is C=Cc1cc2cccc(Br)c2nc1C(=C)Br. The van der Waals surface area contributed by atoms with Gasteiger partial charge in [-0.1, -0.05) is 31.4 Å². The molecule has 0 aliphatic carbocycles. The summed E-state index contributed by atoms with van der Waals surface area (Å²) in [7, 11) is 0. The summed E-state index contributed by atoms with van der Waals surface area (Å²) >= 11 is 6.86. The topological polar surface area (TPSA) is 12.9 Å². The summed E-state index contributed by atoms with van der Waals surface area (Å²) in [5.41, 5.74) is 2.74. The van der Waals surface area contributed by atoms with E-state index < -0.39 is 0 Å². The van der Waals surface area contributed by atoms with Crippen molar-refractivity contribution in [3.63, 3.8) is 0 Å². The molecule has 3 heteroatoms. The molecule has 0 fully saturated rings. The Morgan fingerprint density at radius 1 is 1.38 bits per heavy atom. The number of hydrogen-bond acceptors (Lipinski definition) is 1. The number of hydrogen-bond donors (Lipinski definition) is 0. The Morgan fingerprint density at radius 2 is 2.12 bits per heavy atom. The molecular formula is C13H9Br2N. The molecule has 0 unspecified atom stereocenters. The van der Waals surface area contributed by atoms with Crippen molar-refractivity contribution >= 4 is 53.3 Å². The van der Waals surface area contributed by atoms with Crippen molar-refractivity contribution in [2.45, 2.75) is 0 Å². The molecule has 0 atom stereocenters. The van der Waals surface area contributed by atoms with Gasteiger partial charge in [0, 0.05) is 19.9 Å². The van der Waals surface area contributed by atoms with Gasteiger partial charge in [-0.05, 0) is 44.0 Å². The van der Waals surface area contributed by atoms with Crippen LogP contribution in [0.2, 0.25) is 0 Å². The fraction of sp³-hybridized carbons (Fsp3) is 0. The predicted molar refractivity (Wildman–Crippen MR) is 77.5 cm³/mol. The molecule has 1 heterocycles. The highest BCUT2D eigenvalue weighted by atomic mass is 79.9. The normalized spacial score (nSPS) is 10.4. The molecule has 1 nitrogen and oxygen atoms in total. The van der Waals surface area contributed by atoms with Crippen molar-refractivity contribution in [1.29, 1.82) is 0 Å². The van der Waals surface area contributed by atoms with Crippen LogP contribution in [0, 0.1) is 0 Å². The first kappa shape index (κ1) is 11.6. The van der Waals surface area contributed by atoms with Gasteiger partial charge < -0.3 is 0 Å². The van der Waals surface area contributed by atoms with Gasteiger partial charge in [0.25, 0.3) is 0 Å². The Labute approximate surface area is 111 Å². The van der Waals surface area contributed by atoms with Crippen LogP contribution in [0.15, 0.2) is 41.9 Å². The van der Waals surface area contributed by atoms with E-state index in [-0.39, 0.29) is 0 Å². The minimum absolute atomic E-state index is 0.764. The van der Waals surface area contributed by atoms with Crippen LogP contribution < -0.4 is 0 Å². The zero-order valence-electron chi connectivity index (χ0n) is 8.50. The molecule has 16 heavy (non-hydrogen) atoms. The number of para-hydroxylation sites is 1. The van der Waals surface area contributed by atoms with E-state index in [2.05, 4.69) is 56.1 Å². The number of pyridine rings is 1. The Hall–Kier alpha value is -0.930. The van der Waals surface area contributed by atoms with Crippen LogP contribution in [0.1, 0.15) is 11.3 Å². The summed E-state index contributed by atoms with van der Waals surface area (Å²) < 4.78 is 1.75. The first-order valence-electron chi connectivity index (χ1n) is 4.70. The van der Waals surface area contributed by atoms with Gasteiger partial charge in [-0.2, -0.15) is 0 Å². The van der Waals surface area contributed by atoms with Crippen molar-refractivity contribution in [3.05, 3.63) is 53.2 Å². The van der Waals surface area contributed by atoms with Crippen LogP contribution in [0.4, 0.5) is 0 Å². The third-order valence-electron chi connectivity index (χ3n) is 2.30. The van der Waals surface area contributed by atoms with Crippen molar-refractivity contribution in [2.24, 2.45) is 0 Å². The first-order chi connectivity index (χ1) is 7.63. The van der Waals surface area contributed by atoms with E-state index in [4.69, 9.17) is 0 Å². The Kier molecular flexibility index (Phi) is 3.26. The second-order valence-electron chi connectivity index (χ2n) is 3.35. The van der Waals surface area contributed by atoms with Crippen LogP contribution in [0.25, 0.3) is 21.5 Å². The molecular weight excluding hydrogens is 330 g/mol. The fourth-order valence-electron chi connectivity index (χ4n) is 1.55. The van der Waals surface area contributed by atoms with E-state index >= 15 is 0 Å². The van der Waals surface area contributed by atoms with Crippen LogP contribution in [-0.2, 0) is 0 Å². The molecule has 0 amide bonds. The molecule has 80 valence electrons. The number of fused-ring (bicyclic) bond motifs is 1. The molecule has 0 saturated carbocycles. The Bertz CT molecular complexity index is 588. The fourth-order valence-corrected chi connectivity index (χ4v) is 2.34. The molecule has 0 saturated heterocycles. The molecule has 0 N–H and O–H groups in total. The van der Waals surface area contributed by atoms with Gasteiger partial charge in [-0.15, -0.1) is 0 Å². The zero-order chi connectivity index (χ0) is 11.7. The molecule has 0 aliphatic rings. The largest absolute Gasteiger partial charge is 0.245 e. The lowest BCUT2D eigenvalue weighted by Crippen LogP contribution is -1.91. The van der Waals surface area contributed by atoms with E-state index in [1.54, 1.807) is 6.08 Å². The Balaban J connectivity index is 2.86. The summed E-state index contributed by atoms with van der Waals surface area (Å²) in [6.07, 6.45) is 1.79. The maximum absolute atomic E-state index is 4.58. The van der Waals surface area contributed by atoms with Gasteiger partial charge in [-0.25, -0.2) is 4.98 Å². The van der Waals surface area contributed by atoms with Gasteiger partial charge in [0.05, 0.1) is 11.2 Å². The maximum Gasteiger partial charge on any atom is 0.0852 e. The van der Waals surface area contributed by atoms with E-state index in [9.17, 15) is 0 Å². The summed E-state index contributed by atoms with van der Waals surface area (Å²) in [5.74, 6) is 0. The lowest BCUT2D eigenvalue weighted by molar-refractivity contribution is 1.35. The van der Waals surface area contributed by atoms with Crippen molar-refractivity contribution in [1.82, 2.24) is 4.98 Å². The maximum atomic E-state index is 4.58. The third kappa shape index (κ3) is 1.97. The highest BCUT2D eigenvalue weighted by molar-refractivity contribution is 9.15. The first-order valence-corrected chi connectivity index (χ1v) is 6.28. The minimum atomic E-state index is 0.764. The standard InChI is InChI=1S/C13H9Br2N/c1-3-9-7-10-5-4-6-11(15)13(10)16-12(9)8(2)14/h3-7H,1-2H2. The summed E-state index contributed by atoms with van der Waals surface area (Å²) in [6.45, 7) is 7.65. The zero-order valence-corrected chi connectivity index (χ0v) is 11.7. The number of rotatable bonds is 2. The smallest absolute Gasteiger partial charge is 0.0852 e. The van der Waals surface area contributed by atoms with Gasteiger partial charge in [0.15, 0.2) is 0 Å². The molecule has 0 bridgehead atoms. The second-order valence-corrected chi connectivity index (χ2v) is 5.16. The number of nitrogens with zero attached hydrogens (tertiary/aromatic N) is 1. The van der Waals surface area contributed by atoms with Gasteiger partial charge in [0.2, 0.25) is 0 Å². The van der Waals surface area contributed by atoms with E-state index in [1.165, 1.54) is 0 Å². The van der Waals surface area contributed by atoms with Gasteiger partial charge in [-0.3, -0.25) is 0 Å². The molecule has 2 rings (SSSR count). The highest BCUT2D eigenvalue weighted by Crippen LogP contribution is 2.29. The lowest BCUT2D eigenvalue weighted by Gasteiger charge is -2.07. The number of benzene rings is 1. The lowest BCUT2D eigenvalue weighted by atomic mass is 10.1. The van der Waals surface area contributed by atoms with Crippen molar-refractivity contribution in [2.75, 3.05) is 0 Å². The quantitative estimate of drug-likeness (QED) is 0.750. The third-order valence-corrected chi connectivity index (χ3v) is 3.32. The number of halogens is 2. The second kappa shape index (κ2) is 4.52. The molecule has 1 aromatic carbocycles. The molecule has 2 aromatic rings. The molecule has 1 aromatic heterocycles. The highest BCUT2D eigenvalue weighted by Gasteiger charge is 2.07. The van der Waals surface area contributed by atoms with Crippen LogP contribution in [0.3, 0.4) is 0 Å². The van der Waals surface area contributed by atoms with Crippen molar-refractivity contribution < 1.29 is 0 Å². The summed E-state index contributed by atoms with van der Waals surface area (Å²) in [4.78, 5) is 4.58. The van der Waals surface area contributed by atoms with Gasteiger partial charge >= 0.3 is 0 Å². The van der Waals surface area contributed by atoms with Crippen molar-refractivity contribution in [3.8, 4) is 0 Å². The van der Waals surface area contributed by atoms with Crippen LogP contribution in [-0.4, -0.2) is 4.98 Å².